The molecule has 0 spiro atoms. The number of aromatic nitrogens is 3. The number of fused-ring (bicyclic) bond motifs is 1. The van der Waals surface area contributed by atoms with Crippen LogP contribution in [0.4, 0.5) is 15.4 Å². The number of hydrogen-bond acceptors (Lipinski definition) is 7. The summed E-state index contributed by atoms with van der Waals surface area (Å²) in [4.78, 5) is 34.4. The number of ether oxygens (including phenoxy) is 2. The molecule has 3 unspecified atom stereocenters. The van der Waals surface area contributed by atoms with Crippen molar-refractivity contribution in [1.29, 1.82) is 0 Å². The van der Waals surface area contributed by atoms with Gasteiger partial charge >= 0.3 is 12.2 Å². The lowest BCUT2D eigenvalue weighted by Crippen LogP contribution is -2.54. The van der Waals surface area contributed by atoms with Gasteiger partial charge in [0.2, 0.25) is 0 Å². The van der Waals surface area contributed by atoms with E-state index in [1.54, 1.807) is 15.5 Å². The number of amides is 2. The van der Waals surface area contributed by atoms with Crippen LogP contribution < -0.4 is 5.32 Å². The third-order valence-electron chi connectivity index (χ3n) is 7.95. The topological polar surface area (TPSA) is 101 Å². The molecule has 0 bridgehead atoms. The second-order valence-corrected chi connectivity index (χ2v) is 13.0. The molecule has 2 saturated heterocycles. The van der Waals surface area contributed by atoms with Crippen LogP contribution in [0.3, 0.4) is 0 Å². The second-order valence-electron chi connectivity index (χ2n) is 12.6. The van der Waals surface area contributed by atoms with E-state index < -0.39 is 5.60 Å². The number of anilines is 1. The Balaban J connectivity index is 1.31. The molecule has 42 heavy (non-hydrogen) atoms. The van der Waals surface area contributed by atoms with E-state index in [1.165, 1.54) is 0 Å². The number of likely N-dealkylation sites (tertiary alicyclic amines) is 2. The molecular weight excluding hydrogens is 556 g/mol. The van der Waals surface area contributed by atoms with Crippen LogP contribution in [0.5, 0.6) is 0 Å². The van der Waals surface area contributed by atoms with Crippen molar-refractivity contribution >= 4 is 35.3 Å². The second kappa shape index (κ2) is 12.4. The van der Waals surface area contributed by atoms with Gasteiger partial charge in [0.25, 0.3) is 0 Å². The molecule has 1 N–H and O–H groups in total. The first-order valence-electron chi connectivity index (χ1n) is 14.7. The zero-order chi connectivity index (χ0) is 30.0. The van der Waals surface area contributed by atoms with Crippen molar-refractivity contribution in [3.05, 3.63) is 58.9 Å². The fourth-order valence-electron chi connectivity index (χ4n) is 5.87. The van der Waals surface area contributed by atoms with Gasteiger partial charge in [-0.25, -0.2) is 14.6 Å². The van der Waals surface area contributed by atoms with Crippen molar-refractivity contribution in [2.45, 2.75) is 84.1 Å². The lowest BCUT2D eigenvalue weighted by atomic mass is 9.87. The van der Waals surface area contributed by atoms with Crippen molar-refractivity contribution in [1.82, 2.24) is 24.4 Å². The Hall–Kier alpha value is -3.53. The van der Waals surface area contributed by atoms with E-state index >= 15 is 0 Å². The smallest absolute Gasteiger partial charge is 0.410 e. The summed E-state index contributed by atoms with van der Waals surface area (Å²) in [6.45, 7) is 11.7. The predicted molar refractivity (Wildman–Crippen MR) is 162 cm³/mol. The molecule has 2 aliphatic rings. The largest absolute Gasteiger partial charge is 0.445 e. The van der Waals surface area contributed by atoms with Crippen molar-refractivity contribution in [3.63, 3.8) is 0 Å². The number of piperidine rings is 1. The Bertz CT molecular complexity index is 1410. The normalized spacial score (nSPS) is 21.2. The molecule has 4 heterocycles. The van der Waals surface area contributed by atoms with Gasteiger partial charge in [-0.15, -0.1) is 0 Å². The molecule has 2 aromatic heterocycles. The number of rotatable bonds is 6. The number of nitrogens with one attached hydrogen (secondary N) is 1. The van der Waals surface area contributed by atoms with Gasteiger partial charge in [0, 0.05) is 43.3 Å². The quantitative estimate of drug-likeness (QED) is 0.331. The van der Waals surface area contributed by atoms with Crippen LogP contribution in [-0.2, 0) is 16.1 Å². The molecular formula is C31H41ClN6O4. The average molecular weight is 597 g/mol. The molecule has 3 aromatic rings. The summed E-state index contributed by atoms with van der Waals surface area (Å²) >= 11 is 6.43. The first-order chi connectivity index (χ1) is 20.0. The highest BCUT2D eigenvalue weighted by Gasteiger charge is 2.42. The Labute approximate surface area is 252 Å². The Morgan fingerprint density at radius 1 is 1.12 bits per heavy atom. The first kappa shape index (κ1) is 29.9. The minimum absolute atomic E-state index is 0.0566. The maximum atomic E-state index is 13.3. The van der Waals surface area contributed by atoms with Gasteiger partial charge in [-0.2, -0.15) is 9.61 Å². The van der Waals surface area contributed by atoms with Crippen LogP contribution in [0.15, 0.2) is 42.6 Å². The third-order valence-corrected chi connectivity index (χ3v) is 8.14. The van der Waals surface area contributed by atoms with Crippen LogP contribution in [0.2, 0.25) is 5.15 Å². The zero-order valence-corrected chi connectivity index (χ0v) is 25.8. The van der Waals surface area contributed by atoms with Crippen molar-refractivity contribution in [2.75, 3.05) is 25.0 Å². The standard InChI is InChI=1S/C31H41ClN6O4/c1-20(2)24-17-33-38-27(16-26(32)35-28(24)38)34-23-12-14-37(30(40)42-31(3,4)5)25(15-23)22-11-13-36(18-22)29(39)41-19-21-9-7-6-8-10-21/h6-10,16-17,20,22-23,25,34H,11-15,18-19H2,1-5H3. The van der Waals surface area contributed by atoms with Gasteiger partial charge < -0.3 is 24.6 Å². The van der Waals surface area contributed by atoms with Crippen molar-refractivity contribution in [3.8, 4) is 0 Å². The molecule has 5 rings (SSSR count). The van der Waals surface area contributed by atoms with E-state index in [9.17, 15) is 9.59 Å². The highest BCUT2D eigenvalue weighted by atomic mass is 35.5. The summed E-state index contributed by atoms with van der Waals surface area (Å²) in [6.07, 6.45) is 3.39. The fraction of sp³-hybridized carbons (Fsp3) is 0.548. The first-order valence-corrected chi connectivity index (χ1v) is 15.1. The molecule has 0 radical (unpaired) electrons. The average Bonchev–Trinajstić information content (AvgIpc) is 3.59. The monoisotopic (exact) mass is 596 g/mol. The van der Waals surface area contributed by atoms with E-state index in [1.807, 2.05) is 62.2 Å². The minimum atomic E-state index is -0.604. The van der Waals surface area contributed by atoms with E-state index in [4.69, 9.17) is 21.1 Å². The molecule has 1 aromatic carbocycles. The zero-order valence-electron chi connectivity index (χ0n) is 25.0. The Morgan fingerprint density at radius 3 is 2.60 bits per heavy atom. The van der Waals surface area contributed by atoms with Crippen LogP contribution in [0, 0.1) is 5.92 Å². The molecule has 0 saturated carbocycles. The lowest BCUT2D eigenvalue weighted by Gasteiger charge is -2.43. The number of nitrogens with zero attached hydrogens (tertiary/aromatic N) is 5. The van der Waals surface area contributed by atoms with Gasteiger partial charge in [-0.3, -0.25) is 0 Å². The lowest BCUT2D eigenvalue weighted by molar-refractivity contribution is 0.000914. The molecule has 2 fully saturated rings. The molecule has 2 amide bonds. The van der Waals surface area contributed by atoms with Crippen LogP contribution >= 0.6 is 11.6 Å². The molecule has 226 valence electrons. The number of halogens is 1. The summed E-state index contributed by atoms with van der Waals surface area (Å²) in [5, 5.41) is 8.63. The maximum Gasteiger partial charge on any atom is 0.410 e. The maximum absolute atomic E-state index is 13.3. The van der Waals surface area contributed by atoms with E-state index in [0.29, 0.717) is 31.2 Å². The molecule has 3 atom stereocenters. The molecule has 11 heteroatoms. The van der Waals surface area contributed by atoms with E-state index in [-0.39, 0.29) is 42.7 Å². The van der Waals surface area contributed by atoms with Crippen molar-refractivity contribution in [2.24, 2.45) is 5.92 Å². The summed E-state index contributed by atoms with van der Waals surface area (Å²) in [7, 11) is 0. The Kier molecular flexibility index (Phi) is 8.82. The summed E-state index contributed by atoms with van der Waals surface area (Å²) < 4.78 is 13.2. The van der Waals surface area contributed by atoms with Crippen LogP contribution in [-0.4, -0.2) is 73.9 Å². The van der Waals surface area contributed by atoms with Crippen LogP contribution in [0.1, 0.15) is 70.9 Å². The number of carbonyl (C=O) groups is 2. The summed E-state index contributed by atoms with van der Waals surface area (Å²) in [6, 6.07) is 11.4. The number of carbonyl (C=O) groups excluding carboxylic acids is 2. The van der Waals surface area contributed by atoms with Gasteiger partial charge in [0.05, 0.1) is 6.20 Å². The van der Waals surface area contributed by atoms with Gasteiger partial charge in [0.15, 0.2) is 5.65 Å². The molecule has 0 aliphatic carbocycles. The van der Waals surface area contributed by atoms with Crippen LogP contribution in [0.25, 0.3) is 5.65 Å². The third kappa shape index (κ3) is 6.91. The van der Waals surface area contributed by atoms with E-state index in [2.05, 4.69) is 29.2 Å². The van der Waals surface area contributed by atoms with Gasteiger partial charge in [-0.1, -0.05) is 55.8 Å². The van der Waals surface area contributed by atoms with Crippen molar-refractivity contribution < 1.29 is 19.1 Å². The van der Waals surface area contributed by atoms with Gasteiger partial charge in [0.1, 0.15) is 23.2 Å². The van der Waals surface area contributed by atoms with E-state index in [0.717, 1.165) is 35.4 Å². The molecule has 2 aliphatic heterocycles. The predicted octanol–water partition coefficient (Wildman–Crippen LogP) is 6.34. The highest BCUT2D eigenvalue weighted by Crippen LogP contribution is 2.33. The molecule has 10 nitrogen and oxygen atoms in total. The minimum Gasteiger partial charge on any atom is -0.445 e. The SMILES string of the molecule is CC(C)c1cnn2c(NC3CCN(C(=O)OC(C)(C)C)C(C4CCN(C(=O)OCc5ccccc5)C4)C3)cc(Cl)nc12. The summed E-state index contributed by atoms with van der Waals surface area (Å²) in [5.41, 5.74) is 2.11. The Morgan fingerprint density at radius 2 is 1.88 bits per heavy atom. The summed E-state index contributed by atoms with van der Waals surface area (Å²) in [5.74, 6) is 1.11. The highest BCUT2D eigenvalue weighted by molar-refractivity contribution is 6.29. The van der Waals surface area contributed by atoms with Gasteiger partial charge in [-0.05, 0) is 57.4 Å². The number of hydrogen-bond donors (Lipinski definition) is 1. The fourth-order valence-corrected chi connectivity index (χ4v) is 6.05. The number of benzene rings is 1.